The molecule has 3 nitrogen and oxygen atoms in total. The lowest BCUT2D eigenvalue weighted by Crippen LogP contribution is -2.12. The maximum Gasteiger partial charge on any atom is 0.308 e. The average molecular weight is 380 g/mol. The van der Waals surface area contributed by atoms with Gasteiger partial charge in [-0.05, 0) is 48.1 Å². The minimum absolute atomic E-state index is 0.131. The van der Waals surface area contributed by atoms with Gasteiger partial charge in [-0.25, -0.2) is 9.98 Å². The highest BCUT2D eigenvalue weighted by molar-refractivity contribution is 8.14. The van der Waals surface area contributed by atoms with Gasteiger partial charge in [0.15, 0.2) is 5.82 Å². The quantitative estimate of drug-likeness (QED) is 0.475. The van der Waals surface area contributed by atoms with Crippen LogP contribution < -0.4 is 0 Å². The first-order chi connectivity index (χ1) is 11.9. The number of allylic oxidation sites excluding steroid dienone is 1. The highest BCUT2D eigenvalue weighted by Crippen LogP contribution is 2.38. The topological polar surface area (TPSA) is 38.1 Å². The third kappa shape index (κ3) is 4.07. The molecule has 0 amide bonds. The molecule has 0 spiro atoms. The molecule has 130 valence electrons. The summed E-state index contributed by atoms with van der Waals surface area (Å²) in [4.78, 5) is 13.1. The second-order valence-corrected chi connectivity index (χ2v) is 7.25. The van der Waals surface area contributed by atoms with Gasteiger partial charge in [0.1, 0.15) is 5.69 Å². The highest BCUT2D eigenvalue weighted by atomic mass is 35.5. The van der Waals surface area contributed by atoms with E-state index in [1.165, 1.54) is 5.56 Å². The van der Waals surface area contributed by atoms with Crippen LogP contribution in [0.4, 0.5) is 14.6 Å². The zero-order valence-corrected chi connectivity index (χ0v) is 15.1. The molecule has 3 rings (SSSR count). The molecule has 0 aliphatic carbocycles. The van der Waals surface area contributed by atoms with E-state index in [9.17, 15) is 8.78 Å². The van der Waals surface area contributed by atoms with Crippen molar-refractivity contribution in [2.75, 3.05) is 0 Å². The Hall–Kier alpha value is -1.79. The van der Waals surface area contributed by atoms with Gasteiger partial charge in [-0.2, -0.15) is 13.8 Å². The first kappa shape index (κ1) is 18.0. The lowest BCUT2D eigenvalue weighted by Gasteiger charge is -2.11. The van der Waals surface area contributed by atoms with Crippen molar-refractivity contribution in [3.8, 4) is 0 Å². The van der Waals surface area contributed by atoms with Crippen molar-refractivity contribution in [3.63, 3.8) is 0 Å². The fourth-order valence-electron chi connectivity index (χ4n) is 2.60. The summed E-state index contributed by atoms with van der Waals surface area (Å²) in [6.07, 6.45) is 2.20. The van der Waals surface area contributed by atoms with Gasteiger partial charge >= 0.3 is 5.92 Å². The summed E-state index contributed by atoms with van der Waals surface area (Å²) in [6, 6.07) is 9.31. The van der Waals surface area contributed by atoms with Gasteiger partial charge in [0.2, 0.25) is 5.28 Å². The van der Waals surface area contributed by atoms with Crippen LogP contribution in [0.5, 0.6) is 0 Å². The maximum absolute atomic E-state index is 13.8. The molecule has 1 aromatic heterocycles. The predicted molar refractivity (Wildman–Crippen MR) is 98.2 cm³/mol. The minimum atomic E-state index is -3.28. The fourth-order valence-corrected chi connectivity index (χ4v) is 3.92. The SMILES string of the molecule is C=CC(F)(F)c1cc(N=C2CCC(C)c3ccccc3S2)nc(Cl)n1. The Labute approximate surface area is 154 Å². The van der Waals surface area contributed by atoms with E-state index in [0.717, 1.165) is 28.8 Å². The van der Waals surface area contributed by atoms with Gasteiger partial charge in [-0.1, -0.05) is 43.5 Å². The number of benzene rings is 1. The average Bonchev–Trinajstić information content (AvgIpc) is 2.74. The molecule has 25 heavy (non-hydrogen) atoms. The molecule has 7 heteroatoms. The fraction of sp³-hybridized carbons (Fsp3) is 0.278. The lowest BCUT2D eigenvalue weighted by molar-refractivity contribution is 0.0475. The first-order valence-electron chi connectivity index (χ1n) is 7.80. The summed E-state index contributed by atoms with van der Waals surface area (Å²) in [5.41, 5.74) is 0.770. The Balaban J connectivity index is 1.97. The summed E-state index contributed by atoms with van der Waals surface area (Å²) in [5, 5.41) is 0.560. The highest BCUT2D eigenvalue weighted by Gasteiger charge is 2.30. The van der Waals surface area contributed by atoms with Crippen molar-refractivity contribution < 1.29 is 8.78 Å². The third-order valence-corrected chi connectivity index (χ3v) is 5.28. The van der Waals surface area contributed by atoms with Gasteiger partial charge in [0, 0.05) is 11.0 Å². The van der Waals surface area contributed by atoms with Crippen LogP contribution in [0.1, 0.15) is 36.9 Å². The van der Waals surface area contributed by atoms with Crippen LogP contribution >= 0.6 is 23.4 Å². The molecule has 0 radical (unpaired) electrons. The van der Waals surface area contributed by atoms with Crippen molar-refractivity contribution in [1.29, 1.82) is 0 Å². The smallest absolute Gasteiger partial charge is 0.226 e. The zero-order chi connectivity index (χ0) is 18.0. The lowest BCUT2D eigenvalue weighted by atomic mass is 9.97. The Morgan fingerprint density at radius 2 is 2.12 bits per heavy atom. The molecule has 1 aromatic carbocycles. The molecule has 0 saturated carbocycles. The molecule has 0 bridgehead atoms. The molecule has 0 fully saturated rings. The summed E-state index contributed by atoms with van der Waals surface area (Å²) in [6.45, 7) is 5.31. The third-order valence-electron chi connectivity index (χ3n) is 3.99. The van der Waals surface area contributed by atoms with Gasteiger partial charge in [0.25, 0.3) is 0 Å². The Morgan fingerprint density at radius 3 is 2.88 bits per heavy atom. The standard InChI is InChI=1S/C18H16ClF2N3S/c1-3-18(20,21)14-10-15(24-17(19)22-14)23-16-9-8-11(2)12-6-4-5-7-13(12)25-16/h3-7,10-11H,1,8-9H2,2H3. The molecular weight excluding hydrogens is 364 g/mol. The molecule has 1 unspecified atom stereocenters. The van der Waals surface area contributed by atoms with E-state index in [1.54, 1.807) is 11.8 Å². The monoisotopic (exact) mass is 379 g/mol. The van der Waals surface area contributed by atoms with E-state index >= 15 is 0 Å². The summed E-state index contributed by atoms with van der Waals surface area (Å²) < 4.78 is 27.6. The van der Waals surface area contributed by atoms with E-state index in [1.807, 2.05) is 18.2 Å². The van der Waals surface area contributed by atoms with Crippen molar-refractivity contribution in [2.24, 2.45) is 4.99 Å². The molecule has 2 heterocycles. The Bertz CT molecular complexity index is 839. The van der Waals surface area contributed by atoms with Crippen LogP contribution in [0.25, 0.3) is 0 Å². The van der Waals surface area contributed by atoms with Gasteiger partial charge in [0.05, 0.1) is 5.04 Å². The number of hydrogen-bond donors (Lipinski definition) is 0. The minimum Gasteiger partial charge on any atom is -0.226 e. The van der Waals surface area contributed by atoms with Crippen molar-refractivity contribution in [3.05, 3.63) is 59.5 Å². The van der Waals surface area contributed by atoms with E-state index < -0.39 is 11.6 Å². The number of aliphatic imine (C=N–C) groups is 1. The molecule has 0 N–H and O–H groups in total. The van der Waals surface area contributed by atoms with Gasteiger partial charge < -0.3 is 0 Å². The van der Waals surface area contributed by atoms with Gasteiger partial charge in [-0.3, -0.25) is 0 Å². The van der Waals surface area contributed by atoms with Crippen LogP contribution in [0.3, 0.4) is 0 Å². The first-order valence-corrected chi connectivity index (χ1v) is 8.99. The maximum atomic E-state index is 13.8. The van der Waals surface area contributed by atoms with E-state index in [2.05, 4.69) is 34.5 Å². The number of halogens is 3. The predicted octanol–water partition coefficient (Wildman–Crippen LogP) is 6.13. The largest absolute Gasteiger partial charge is 0.308 e. The van der Waals surface area contributed by atoms with Crippen LogP contribution in [0.2, 0.25) is 5.28 Å². The summed E-state index contributed by atoms with van der Waals surface area (Å²) in [5.74, 6) is -2.74. The van der Waals surface area contributed by atoms with Crippen molar-refractivity contribution in [2.45, 2.75) is 36.5 Å². The molecular formula is C18H16ClF2N3S. The normalized spacial score (nSPS) is 19.4. The molecule has 1 aliphatic rings. The summed E-state index contributed by atoms with van der Waals surface area (Å²) >= 11 is 7.34. The van der Waals surface area contributed by atoms with E-state index in [4.69, 9.17) is 11.6 Å². The number of alkyl halides is 2. The second kappa shape index (κ2) is 7.22. The second-order valence-electron chi connectivity index (χ2n) is 5.79. The van der Waals surface area contributed by atoms with Crippen LogP contribution in [-0.4, -0.2) is 15.0 Å². The number of hydrogen-bond acceptors (Lipinski definition) is 4. The number of rotatable bonds is 3. The summed E-state index contributed by atoms with van der Waals surface area (Å²) in [7, 11) is 0. The zero-order valence-electron chi connectivity index (χ0n) is 13.5. The molecule has 1 atom stereocenters. The van der Waals surface area contributed by atoms with E-state index in [-0.39, 0.29) is 11.1 Å². The number of thioether (sulfide) groups is 1. The van der Waals surface area contributed by atoms with E-state index in [0.29, 0.717) is 12.0 Å². The number of nitrogens with zero attached hydrogens (tertiary/aromatic N) is 3. The molecule has 0 saturated heterocycles. The van der Waals surface area contributed by atoms with Gasteiger partial charge in [-0.15, -0.1) is 0 Å². The number of fused-ring (bicyclic) bond motifs is 1. The van der Waals surface area contributed by atoms with Crippen LogP contribution in [0.15, 0.2) is 52.9 Å². The van der Waals surface area contributed by atoms with Crippen LogP contribution in [0, 0.1) is 0 Å². The Kier molecular flexibility index (Phi) is 5.20. The Morgan fingerprint density at radius 1 is 1.36 bits per heavy atom. The van der Waals surface area contributed by atoms with Crippen molar-refractivity contribution in [1.82, 2.24) is 9.97 Å². The van der Waals surface area contributed by atoms with Crippen LogP contribution in [-0.2, 0) is 5.92 Å². The van der Waals surface area contributed by atoms with Crippen molar-refractivity contribution >= 4 is 34.2 Å². The molecule has 1 aliphatic heterocycles. The molecule has 2 aromatic rings. The number of aromatic nitrogens is 2.